The summed E-state index contributed by atoms with van der Waals surface area (Å²) in [6, 6.07) is 2.12. The molecule has 6 heteroatoms. The largest absolute Gasteiger partial charge is 0.374 e. The number of hydrogen-bond acceptors (Lipinski definition) is 5. The summed E-state index contributed by atoms with van der Waals surface area (Å²) in [6.07, 6.45) is 10.4. The molecule has 2 saturated heterocycles. The van der Waals surface area contributed by atoms with E-state index in [1.807, 2.05) is 6.07 Å². The number of ether oxygens (including phenoxy) is 1. The van der Waals surface area contributed by atoms with Gasteiger partial charge in [0.25, 0.3) is 0 Å². The number of rotatable bonds is 2. The van der Waals surface area contributed by atoms with Crippen molar-refractivity contribution in [2.45, 2.75) is 50.7 Å². The fourth-order valence-corrected chi connectivity index (χ4v) is 4.42. The van der Waals surface area contributed by atoms with Gasteiger partial charge in [-0.15, -0.1) is 0 Å². The van der Waals surface area contributed by atoms with Gasteiger partial charge in [-0.1, -0.05) is 12.8 Å². The third-order valence-corrected chi connectivity index (χ3v) is 5.62. The van der Waals surface area contributed by atoms with Gasteiger partial charge in [-0.3, -0.25) is 4.79 Å². The molecule has 3 fully saturated rings. The highest BCUT2D eigenvalue weighted by molar-refractivity contribution is 5.80. The summed E-state index contributed by atoms with van der Waals surface area (Å²) in [5.74, 6) is 1.12. The van der Waals surface area contributed by atoms with Gasteiger partial charge in [-0.2, -0.15) is 0 Å². The summed E-state index contributed by atoms with van der Waals surface area (Å²) in [5.41, 5.74) is 0. The minimum absolute atomic E-state index is 0.0585. The Balaban J connectivity index is 1.45. The Morgan fingerprint density at radius 1 is 1.08 bits per heavy atom. The quantitative estimate of drug-likeness (QED) is 0.828. The molecule has 6 nitrogen and oxygen atoms in total. The van der Waals surface area contributed by atoms with Crippen LogP contribution in [-0.2, 0) is 9.53 Å². The van der Waals surface area contributed by atoms with Gasteiger partial charge in [-0.25, -0.2) is 9.97 Å². The Bertz CT molecular complexity index is 565. The maximum absolute atomic E-state index is 13.2. The summed E-state index contributed by atoms with van der Waals surface area (Å²) in [4.78, 5) is 26.2. The van der Waals surface area contributed by atoms with E-state index in [0.29, 0.717) is 18.6 Å². The number of nitrogens with zero attached hydrogens (tertiary/aromatic N) is 4. The van der Waals surface area contributed by atoms with Crippen molar-refractivity contribution in [2.24, 2.45) is 5.92 Å². The zero-order chi connectivity index (χ0) is 16.4. The van der Waals surface area contributed by atoms with Gasteiger partial charge >= 0.3 is 0 Å². The van der Waals surface area contributed by atoms with Crippen molar-refractivity contribution >= 4 is 11.9 Å². The number of amides is 1. The number of aromatic nitrogens is 2. The first-order chi connectivity index (χ1) is 11.8. The summed E-state index contributed by atoms with van der Waals surface area (Å²) in [5, 5.41) is 0. The lowest BCUT2D eigenvalue weighted by Gasteiger charge is -2.45. The number of morpholine rings is 1. The van der Waals surface area contributed by atoms with Crippen LogP contribution in [0.15, 0.2) is 18.5 Å². The number of fused-ring (bicyclic) bond motifs is 1. The molecule has 3 heterocycles. The van der Waals surface area contributed by atoms with Crippen LogP contribution in [-0.4, -0.2) is 59.2 Å². The Morgan fingerprint density at radius 2 is 1.92 bits per heavy atom. The molecule has 2 aliphatic heterocycles. The van der Waals surface area contributed by atoms with E-state index in [-0.39, 0.29) is 12.0 Å². The van der Waals surface area contributed by atoms with Crippen LogP contribution in [0.4, 0.5) is 5.95 Å². The average Bonchev–Trinajstić information content (AvgIpc) is 2.68. The molecule has 1 saturated carbocycles. The van der Waals surface area contributed by atoms with E-state index in [4.69, 9.17) is 4.74 Å². The third-order valence-electron chi connectivity index (χ3n) is 5.62. The lowest BCUT2D eigenvalue weighted by molar-refractivity contribution is -0.154. The molecule has 0 bridgehead atoms. The molecule has 0 aromatic carbocycles. The minimum Gasteiger partial charge on any atom is -0.374 e. The van der Waals surface area contributed by atoms with Gasteiger partial charge < -0.3 is 14.5 Å². The van der Waals surface area contributed by atoms with E-state index in [0.717, 1.165) is 51.3 Å². The number of carbonyl (C=O) groups is 1. The molecular weight excluding hydrogens is 304 g/mol. The van der Waals surface area contributed by atoms with Crippen LogP contribution in [0.2, 0.25) is 0 Å². The van der Waals surface area contributed by atoms with E-state index >= 15 is 0 Å². The normalized spacial score (nSPS) is 30.8. The van der Waals surface area contributed by atoms with Crippen molar-refractivity contribution in [3.8, 4) is 0 Å². The molecule has 0 spiro atoms. The van der Waals surface area contributed by atoms with Crippen molar-refractivity contribution < 1.29 is 9.53 Å². The molecule has 1 amide bonds. The second kappa shape index (κ2) is 7.05. The molecule has 1 aromatic heterocycles. The monoisotopic (exact) mass is 330 g/mol. The molecule has 0 N–H and O–H groups in total. The fraction of sp³-hybridized carbons (Fsp3) is 0.722. The standard InChI is InChI=1S/C18H26N4O2/c23-17(22-11-12-24-16-7-2-1-6-15(16)22)14-5-3-10-21(13-14)18-19-8-4-9-20-18/h4,8-9,14-16H,1-3,5-7,10-13H2. The average molecular weight is 330 g/mol. The summed E-state index contributed by atoms with van der Waals surface area (Å²) >= 11 is 0. The maximum Gasteiger partial charge on any atom is 0.227 e. The second-order valence-corrected chi connectivity index (χ2v) is 7.13. The van der Waals surface area contributed by atoms with Crippen LogP contribution in [0.3, 0.4) is 0 Å². The van der Waals surface area contributed by atoms with Gasteiger partial charge in [0.05, 0.1) is 24.7 Å². The predicted octanol–water partition coefficient (Wildman–Crippen LogP) is 1.86. The van der Waals surface area contributed by atoms with E-state index in [1.165, 1.54) is 12.8 Å². The highest BCUT2D eigenvalue weighted by Gasteiger charge is 2.39. The minimum atomic E-state index is 0.0585. The van der Waals surface area contributed by atoms with Crippen molar-refractivity contribution in [1.29, 1.82) is 0 Å². The van der Waals surface area contributed by atoms with E-state index in [1.54, 1.807) is 12.4 Å². The maximum atomic E-state index is 13.2. The molecule has 1 aromatic rings. The van der Waals surface area contributed by atoms with E-state index < -0.39 is 0 Å². The van der Waals surface area contributed by atoms with Gasteiger partial charge in [-0.05, 0) is 31.7 Å². The zero-order valence-electron chi connectivity index (χ0n) is 14.1. The summed E-state index contributed by atoms with van der Waals surface area (Å²) < 4.78 is 5.92. The molecule has 0 radical (unpaired) electrons. The third kappa shape index (κ3) is 3.11. The van der Waals surface area contributed by atoms with Crippen molar-refractivity contribution in [2.75, 3.05) is 31.1 Å². The topological polar surface area (TPSA) is 58.6 Å². The van der Waals surface area contributed by atoms with Gasteiger partial charge in [0.15, 0.2) is 0 Å². The van der Waals surface area contributed by atoms with Crippen LogP contribution in [0.25, 0.3) is 0 Å². The Hall–Kier alpha value is -1.69. The van der Waals surface area contributed by atoms with Crippen molar-refractivity contribution in [3.63, 3.8) is 0 Å². The number of piperidine rings is 1. The molecular formula is C18H26N4O2. The Morgan fingerprint density at radius 3 is 2.79 bits per heavy atom. The van der Waals surface area contributed by atoms with Crippen molar-refractivity contribution in [1.82, 2.24) is 14.9 Å². The molecule has 3 aliphatic rings. The highest BCUT2D eigenvalue weighted by Crippen LogP contribution is 2.31. The van der Waals surface area contributed by atoms with Crippen LogP contribution in [0.1, 0.15) is 38.5 Å². The lowest BCUT2D eigenvalue weighted by Crippen LogP contribution is -2.57. The first-order valence-electron chi connectivity index (χ1n) is 9.27. The highest BCUT2D eigenvalue weighted by atomic mass is 16.5. The molecule has 24 heavy (non-hydrogen) atoms. The van der Waals surface area contributed by atoms with Crippen LogP contribution < -0.4 is 4.90 Å². The van der Waals surface area contributed by atoms with Crippen LogP contribution in [0.5, 0.6) is 0 Å². The van der Waals surface area contributed by atoms with Gasteiger partial charge in [0, 0.05) is 32.0 Å². The number of carbonyl (C=O) groups excluding carboxylic acids is 1. The van der Waals surface area contributed by atoms with E-state index in [9.17, 15) is 4.79 Å². The van der Waals surface area contributed by atoms with Crippen LogP contribution >= 0.6 is 0 Å². The Labute approximate surface area is 143 Å². The fourth-order valence-electron chi connectivity index (χ4n) is 4.42. The molecule has 4 rings (SSSR count). The van der Waals surface area contributed by atoms with Gasteiger partial charge in [0.1, 0.15) is 0 Å². The lowest BCUT2D eigenvalue weighted by atomic mass is 9.88. The molecule has 3 atom stereocenters. The Kier molecular flexibility index (Phi) is 4.65. The first-order valence-corrected chi connectivity index (χ1v) is 9.27. The summed E-state index contributed by atoms with van der Waals surface area (Å²) in [7, 11) is 0. The first kappa shape index (κ1) is 15.8. The molecule has 130 valence electrons. The zero-order valence-corrected chi connectivity index (χ0v) is 14.1. The molecule has 1 aliphatic carbocycles. The van der Waals surface area contributed by atoms with Crippen LogP contribution in [0, 0.1) is 5.92 Å². The second-order valence-electron chi connectivity index (χ2n) is 7.13. The SMILES string of the molecule is O=C(C1CCCN(c2ncccn2)C1)N1CCOC2CCCCC21. The predicted molar refractivity (Wildman–Crippen MR) is 90.7 cm³/mol. The molecule has 3 unspecified atom stereocenters. The summed E-state index contributed by atoms with van der Waals surface area (Å²) in [6.45, 7) is 3.10. The van der Waals surface area contributed by atoms with E-state index in [2.05, 4.69) is 19.8 Å². The number of anilines is 1. The number of hydrogen-bond donors (Lipinski definition) is 0. The van der Waals surface area contributed by atoms with Gasteiger partial charge in [0.2, 0.25) is 11.9 Å². The van der Waals surface area contributed by atoms with Crippen molar-refractivity contribution in [3.05, 3.63) is 18.5 Å². The smallest absolute Gasteiger partial charge is 0.227 e.